The highest BCUT2D eigenvalue weighted by molar-refractivity contribution is 6.05. The summed E-state index contributed by atoms with van der Waals surface area (Å²) in [6.07, 6.45) is 3.81. The molecular weight excluding hydrogens is 326 g/mol. The molecule has 2 rings (SSSR count). The molecule has 1 aromatic carbocycles. The zero-order valence-electron chi connectivity index (χ0n) is 16.2. The van der Waals surface area contributed by atoms with Gasteiger partial charge in [0, 0.05) is 24.8 Å². The molecule has 0 saturated heterocycles. The average molecular weight is 355 g/mol. The van der Waals surface area contributed by atoms with Crippen molar-refractivity contribution in [3.05, 3.63) is 48.2 Å². The summed E-state index contributed by atoms with van der Waals surface area (Å²) in [5.41, 5.74) is 1.26. The summed E-state index contributed by atoms with van der Waals surface area (Å²) in [5.74, 6) is 1.35. The van der Waals surface area contributed by atoms with Crippen molar-refractivity contribution in [2.24, 2.45) is 0 Å². The first-order valence-electron chi connectivity index (χ1n) is 9.33. The van der Waals surface area contributed by atoms with Gasteiger partial charge in [0.15, 0.2) is 0 Å². The highest BCUT2D eigenvalue weighted by Gasteiger charge is 2.13. The van der Waals surface area contributed by atoms with Crippen LogP contribution in [-0.4, -0.2) is 30.1 Å². The third-order valence-electron chi connectivity index (χ3n) is 3.82. The fourth-order valence-electron chi connectivity index (χ4n) is 2.73. The summed E-state index contributed by atoms with van der Waals surface area (Å²) >= 11 is 0. The number of anilines is 2. The molecule has 0 spiro atoms. The van der Waals surface area contributed by atoms with E-state index in [2.05, 4.69) is 29.0 Å². The van der Waals surface area contributed by atoms with Crippen molar-refractivity contribution < 1.29 is 9.53 Å². The molecule has 0 aliphatic heterocycles. The molecule has 0 saturated carbocycles. The van der Waals surface area contributed by atoms with E-state index in [0.717, 1.165) is 31.7 Å². The van der Waals surface area contributed by atoms with Gasteiger partial charge in [0.05, 0.1) is 11.8 Å². The number of carbonyl (C=O) groups is 1. The largest absolute Gasteiger partial charge is 0.489 e. The maximum atomic E-state index is 12.7. The lowest BCUT2D eigenvalue weighted by Gasteiger charge is -2.22. The number of nitrogens with one attached hydrogen (secondary N) is 1. The van der Waals surface area contributed by atoms with Crippen molar-refractivity contribution in [2.75, 3.05) is 23.3 Å². The molecule has 1 N–H and O–H groups in total. The lowest BCUT2D eigenvalue weighted by molar-refractivity contribution is 0.102. The van der Waals surface area contributed by atoms with Gasteiger partial charge in [0.1, 0.15) is 11.6 Å². The molecule has 0 bridgehead atoms. The number of hydrogen-bond acceptors (Lipinski definition) is 4. The SMILES string of the molecule is CCCN(CCC)c1cc(C(=O)Nc2ccccc2OC(C)C)ccn1. The second kappa shape index (κ2) is 9.80. The number of carbonyl (C=O) groups excluding carboxylic acids is 1. The Bertz CT molecular complexity index is 710. The van der Waals surface area contributed by atoms with Crippen LogP contribution in [0.4, 0.5) is 11.5 Å². The van der Waals surface area contributed by atoms with E-state index in [-0.39, 0.29) is 12.0 Å². The minimum atomic E-state index is -0.165. The molecule has 1 aromatic heterocycles. The van der Waals surface area contributed by atoms with Gasteiger partial charge in [-0.05, 0) is 51.0 Å². The van der Waals surface area contributed by atoms with Gasteiger partial charge in [-0.25, -0.2) is 4.98 Å². The number of hydrogen-bond donors (Lipinski definition) is 1. The number of amides is 1. The number of pyridine rings is 1. The molecule has 1 heterocycles. The Morgan fingerprint density at radius 3 is 2.50 bits per heavy atom. The molecular formula is C21H29N3O2. The van der Waals surface area contributed by atoms with Crippen molar-refractivity contribution in [2.45, 2.75) is 46.6 Å². The topological polar surface area (TPSA) is 54.5 Å². The first kappa shape index (κ1) is 19.8. The first-order valence-corrected chi connectivity index (χ1v) is 9.33. The summed E-state index contributed by atoms with van der Waals surface area (Å²) in [7, 11) is 0. The van der Waals surface area contributed by atoms with Crippen LogP contribution in [0.1, 0.15) is 50.9 Å². The van der Waals surface area contributed by atoms with E-state index in [4.69, 9.17) is 4.74 Å². The smallest absolute Gasteiger partial charge is 0.255 e. The second-order valence-electron chi connectivity index (χ2n) is 6.51. The monoisotopic (exact) mass is 355 g/mol. The van der Waals surface area contributed by atoms with Crippen LogP contribution in [0, 0.1) is 0 Å². The molecule has 0 unspecified atom stereocenters. The lowest BCUT2D eigenvalue weighted by atomic mass is 10.2. The van der Waals surface area contributed by atoms with Crippen LogP contribution in [-0.2, 0) is 0 Å². The van der Waals surface area contributed by atoms with Gasteiger partial charge in [0.25, 0.3) is 5.91 Å². The summed E-state index contributed by atoms with van der Waals surface area (Å²) in [5, 5.41) is 2.95. The van der Waals surface area contributed by atoms with Crippen LogP contribution < -0.4 is 15.0 Å². The fraction of sp³-hybridized carbons (Fsp3) is 0.429. The van der Waals surface area contributed by atoms with Crippen molar-refractivity contribution in [3.63, 3.8) is 0 Å². The normalized spacial score (nSPS) is 10.7. The summed E-state index contributed by atoms with van der Waals surface area (Å²) < 4.78 is 5.77. The second-order valence-corrected chi connectivity index (χ2v) is 6.51. The van der Waals surface area contributed by atoms with E-state index < -0.39 is 0 Å². The van der Waals surface area contributed by atoms with E-state index in [0.29, 0.717) is 17.0 Å². The molecule has 0 atom stereocenters. The van der Waals surface area contributed by atoms with Crippen LogP contribution in [0.25, 0.3) is 0 Å². The van der Waals surface area contributed by atoms with Crippen LogP contribution in [0.15, 0.2) is 42.6 Å². The standard InChI is InChI=1S/C21H29N3O2/c1-5-13-24(14-6-2)20-15-17(11-12-22-20)21(25)23-18-9-7-8-10-19(18)26-16(3)4/h7-12,15-16H,5-6,13-14H2,1-4H3,(H,23,25). The Morgan fingerprint density at radius 2 is 1.85 bits per heavy atom. The predicted octanol–water partition coefficient (Wildman–Crippen LogP) is 4.75. The van der Waals surface area contributed by atoms with Crippen LogP contribution in [0.2, 0.25) is 0 Å². The third kappa shape index (κ3) is 5.48. The van der Waals surface area contributed by atoms with Gasteiger partial charge in [-0.2, -0.15) is 0 Å². The Balaban J connectivity index is 2.19. The van der Waals surface area contributed by atoms with E-state index in [1.165, 1.54) is 0 Å². The number of para-hydroxylation sites is 2. The number of aromatic nitrogens is 1. The fourth-order valence-corrected chi connectivity index (χ4v) is 2.73. The lowest BCUT2D eigenvalue weighted by Crippen LogP contribution is -2.26. The molecule has 0 aliphatic rings. The molecule has 2 aromatic rings. The zero-order valence-corrected chi connectivity index (χ0v) is 16.2. The minimum absolute atomic E-state index is 0.0391. The molecule has 1 amide bonds. The van der Waals surface area contributed by atoms with Gasteiger partial charge in [-0.3, -0.25) is 4.79 Å². The summed E-state index contributed by atoms with van der Waals surface area (Å²) in [6.45, 7) is 10.1. The van der Waals surface area contributed by atoms with Crippen LogP contribution >= 0.6 is 0 Å². The number of benzene rings is 1. The zero-order chi connectivity index (χ0) is 18.9. The van der Waals surface area contributed by atoms with Gasteiger partial charge >= 0.3 is 0 Å². The highest BCUT2D eigenvalue weighted by Crippen LogP contribution is 2.25. The maximum Gasteiger partial charge on any atom is 0.255 e. The molecule has 0 aliphatic carbocycles. The van der Waals surface area contributed by atoms with Crippen molar-refractivity contribution >= 4 is 17.4 Å². The third-order valence-corrected chi connectivity index (χ3v) is 3.82. The van der Waals surface area contributed by atoms with E-state index in [9.17, 15) is 4.79 Å². The predicted molar refractivity (Wildman–Crippen MR) is 107 cm³/mol. The molecule has 5 nitrogen and oxygen atoms in total. The molecule has 0 radical (unpaired) electrons. The quantitative estimate of drug-likeness (QED) is 0.705. The van der Waals surface area contributed by atoms with Crippen LogP contribution in [0.5, 0.6) is 5.75 Å². The van der Waals surface area contributed by atoms with Crippen molar-refractivity contribution in [1.29, 1.82) is 0 Å². The van der Waals surface area contributed by atoms with Gasteiger partial charge in [0.2, 0.25) is 0 Å². The number of nitrogens with zero attached hydrogens (tertiary/aromatic N) is 2. The van der Waals surface area contributed by atoms with E-state index in [1.54, 1.807) is 12.3 Å². The summed E-state index contributed by atoms with van der Waals surface area (Å²) in [6, 6.07) is 11.1. The van der Waals surface area contributed by atoms with Crippen LogP contribution in [0.3, 0.4) is 0 Å². The Hall–Kier alpha value is -2.56. The minimum Gasteiger partial charge on any atom is -0.489 e. The van der Waals surface area contributed by atoms with Crippen molar-refractivity contribution in [3.8, 4) is 5.75 Å². The molecule has 140 valence electrons. The van der Waals surface area contributed by atoms with Gasteiger partial charge < -0.3 is 15.0 Å². The number of rotatable bonds is 9. The van der Waals surface area contributed by atoms with E-state index >= 15 is 0 Å². The Labute approximate surface area is 156 Å². The number of ether oxygens (including phenoxy) is 1. The van der Waals surface area contributed by atoms with Gasteiger partial charge in [-0.15, -0.1) is 0 Å². The van der Waals surface area contributed by atoms with Gasteiger partial charge in [-0.1, -0.05) is 26.0 Å². The Kier molecular flexibility index (Phi) is 7.45. The first-order chi connectivity index (χ1) is 12.5. The average Bonchev–Trinajstić information content (AvgIpc) is 2.63. The van der Waals surface area contributed by atoms with E-state index in [1.807, 2.05) is 44.2 Å². The molecule has 5 heteroatoms. The Morgan fingerprint density at radius 1 is 1.15 bits per heavy atom. The maximum absolute atomic E-state index is 12.7. The molecule has 0 fully saturated rings. The summed E-state index contributed by atoms with van der Waals surface area (Å²) in [4.78, 5) is 19.4. The molecule has 26 heavy (non-hydrogen) atoms. The highest BCUT2D eigenvalue weighted by atomic mass is 16.5. The van der Waals surface area contributed by atoms with Crippen molar-refractivity contribution in [1.82, 2.24) is 4.98 Å².